The Balaban J connectivity index is 1.88. The number of aryl methyl sites for hydroxylation is 1. The summed E-state index contributed by atoms with van der Waals surface area (Å²) >= 11 is 0. The summed E-state index contributed by atoms with van der Waals surface area (Å²) in [5.74, 6) is 1.75. The van der Waals surface area contributed by atoms with Crippen molar-refractivity contribution in [3.05, 3.63) is 23.3 Å². The first kappa shape index (κ1) is 12.2. The Morgan fingerprint density at radius 3 is 2.65 bits per heavy atom. The third kappa shape index (κ3) is 3.11. The number of nitrogens with one attached hydrogen (secondary N) is 2. The predicted octanol–water partition coefficient (Wildman–Crippen LogP) is 1.08. The molecule has 1 aromatic rings. The maximum absolute atomic E-state index is 5.39. The van der Waals surface area contributed by atoms with Gasteiger partial charge in [0.25, 0.3) is 0 Å². The number of hydrogen-bond donors (Lipinski definition) is 2. The Kier molecular flexibility index (Phi) is 4.23. The standard InChI is InChI=1S/C13H20N2O2/c1-10-7-12-13(17-9-16-12)8-11(10)3-4-15-6-5-14-2/h7-8,14-15H,3-6,9H2,1-2H3. The SMILES string of the molecule is CNCCNCCc1cc2c(cc1C)OCO2. The highest BCUT2D eigenvalue weighted by Gasteiger charge is 2.15. The molecule has 0 aliphatic carbocycles. The second-order valence-corrected chi connectivity index (χ2v) is 4.24. The van der Waals surface area contributed by atoms with Crippen LogP contribution < -0.4 is 20.1 Å². The average Bonchev–Trinajstić information content (AvgIpc) is 2.76. The van der Waals surface area contributed by atoms with Crippen LogP contribution >= 0.6 is 0 Å². The molecule has 0 atom stereocenters. The van der Waals surface area contributed by atoms with Crippen LogP contribution in [0.3, 0.4) is 0 Å². The Bertz CT molecular complexity index is 380. The zero-order chi connectivity index (χ0) is 12.1. The molecular weight excluding hydrogens is 216 g/mol. The highest BCUT2D eigenvalue weighted by atomic mass is 16.7. The zero-order valence-electron chi connectivity index (χ0n) is 10.5. The molecule has 2 rings (SSSR count). The third-order valence-corrected chi connectivity index (χ3v) is 2.95. The zero-order valence-corrected chi connectivity index (χ0v) is 10.5. The number of rotatable bonds is 6. The number of ether oxygens (including phenoxy) is 2. The van der Waals surface area contributed by atoms with Crippen LogP contribution in [0.25, 0.3) is 0 Å². The van der Waals surface area contributed by atoms with E-state index in [9.17, 15) is 0 Å². The molecule has 0 bridgehead atoms. The van der Waals surface area contributed by atoms with E-state index in [0.717, 1.165) is 37.6 Å². The van der Waals surface area contributed by atoms with Gasteiger partial charge in [0.15, 0.2) is 11.5 Å². The average molecular weight is 236 g/mol. The molecule has 0 radical (unpaired) electrons. The van der Waals surface area contributed by atoms with Crippen molar-refractivity contribution in [3.8, 4) is 11.5 Å². The van der Waals surface area contributed by atoms with Gasteiger partial charge in [0.2, 0.25) is 6.79 Å². The van der Waals surface area contributed by atoms with E-state index in [2.05, 4.69) is 29.7 Å². The van der Waals surface area contributed by atoms with E-state index in [1.807, 2.05) is 7.05 Å². The van der Waals surface area contributed by atoms with Crippen LogP contribution in [0.15, 0.2) is 12.1 Å². The van der Waals surface area contributed by atoms with Crippen molar-refractivity contribution >= 4 is 0 Å². The number of hydrogen-bond acceptors (Lipinski definition) is 4. The van der Waals surface area contributed by atoms with Gasteiger partial charge in [0.1, 0.15) is 0 Å². The van der Waals surface area contributed by atoms with Crippen molar-refractivity contribution in [3.63, 3.8) is 0 Å². The first-order chi connectivity index (χ1) is 8.31. The lowest BCUT2D eigenvalue weighted by atomic mass is 10.0. The van der Waals surface area contributed by atoms with Gasteiger partial charge in [-0.05, 0) is 50.2 Å². The fourth-order valence-corrected chi connectivity index (χ4v) is 1.92. The van der Waals surface area contributed by atoms with Crippen molar-refractivity contribution in [2.75, 3.05) is 33.5 Å². The monoisotopic (exact) mass is 236 g/mol. The lowest BCUT2D eigenvalue weighted by molar-refractivity contribution is 0.174. The minimum Gasteiger partial charge on any atom is -0.454 e. The topological polar surface area (TPSA) is 42.5 Å². The highest BCUT2D eigenvalue weighted by molar-refractivity contribution is 5.48. The molecule has 0 fully saturated rings. The Morgan fingerprint density at radius 2 is 1.88 bits per heavy atom. The smallest absolute Gasteiger partial charge is 0.231 e. The molecule has 0 unspecified atom stereocenters. The molecule has 94 valence electrons. The summed E-state index contributed by atoms with van der Waals surface area (Å²) in [5.41, 5.74) is 2.59. The predicted molar refractivity (Wildman–Crippen MR) is 67.8 cm³/mol. The van der Waals surface area contributed by atoms with E-state index in [0.29, 0.717) is 6.79 Å². The first-order valence-corrected chi connectivity index (χ1v) is 6.05. The van der Waals surface area contributed by atoms with Crippen LogP contribution in [0, 0.1) is 6.92 Å². The summed E-state index contributed by atoms with van der Waals surface area (Å²) in [6, 6.07) is 4.16. The minimum absolute atomic E-state index is 0.346. The van der Waals surface area contributed by atoms with Gasteiger partial charge < -0.3 is 20.1 Å². The quantitative estimate of drug-likeness (QED) is 0.725. The van der Waals surface area contributed by atoms with E-state index in [4.69, 9.17) is 9.47 Å². The fourth-order valence-electron chi connectivity index (χ4n) is 1.92. The molecule has 1 aliphatic rings. The van der Waals surface area contributed by atoms with Gasteiger partial charge in [-0.2, -0.15) is 0 Å². The first-order valence-electron chi connectivity index (χ1n) is 6.05. The van der Waals surface area contributed by atoms with Crippen LogP contribution in [0.1, 0.15) is 11.1 Å². The maximum Gasteiger partial charge on any atom is 0.231 e. The molecule has 0 aromatic heterocycles. The van der Waals surface area contributed by atoms with Crippen LogP contribution in [0.2, 0.25) is 0 Å². The lowest BCUT2D eigenvalue weighted by Gasteiger charge is -2.08. The van der Waals surface area contributed by atoms with Gasteiger partial charge in [-0.3, -0.25) is 0 Å². The molecule has 0 spiro atoms. The van der Waals surface area contributed by atoms with Crippen molar-refractivity contribution in [1.82, 2.24) is 10.6 Å². The van der Waals surface area contributed by atoms with Crippen LogP contribution in [0.5, 0.6) is 11.5 Å². The normalized spacial score (nSPS) is 13.1. The molecule has 17 heavy (non-hydrogen) atoms. The number of likely N-dealkylation sites (N-methyl/N-ethyl adjacent to an activating group) is 1. The van der Waals surface area contributed by atoms with Crippen molar-refractivity contribution < 1.29 is 9.47 Å². The van der Waals surface area contributed by atoms with Crippen molar-refractivity contribution in [2.24, 2.45) is 0 Å². The van der Waals surface area contributed by atoms with E-state index >= 15 is 0 Å². The summed E-state index contributed by atoms with van der Waals surface area (Å²) in [6.45, 7) is 5.45. The summed E-state index contributed by atoms with van der Waals surface area (Å²) in [6.07, 6.45) is 1.02. The van der Waals surface area contributed by atoms with E-state index in [1.54, 1.807) is 0 Å². The molecule has 1 aromatic carbocycles. The summed E-state index contributed by atoms with van der Waals surface area (Å²) in [5, 5.41) is 6.51. The number of fused-ring (bicyclic) bond motifs is 1. The van der Waals surface area contributed by atoms with Gasteiger partial charge in [0.05, 0.1) is 0 Å². The van der Waals surface area contributed by atoms with E-state index in [-0.39, 0.29) is 0 Å². The molecule has 1 heterocycles. The van der Waals surface area contributed by atoms with Crippen molar-refractivity contribution in [1.29, 1.82) is 0 Å². The Labute approximate surface area is 102 Å². The molecule has 1 aliphatic heterocycles. The molecule has 0 amide bonds. The molecule has 0 saturated heterocycles. The van der Waals surface area contributed by atoms with E-state index in [1.165, 1.54) is 11.1 Å². The Morgan fingerprint density at radius 1 is 1.12 bits per heavy atom. The van der Waals surface area contributed by atoms with Gasteiger partial charge in [-0.25, -0.2) is 0 Å². The number of benzene rings is 1. The maximum atomic E-state index is 5.39. The van der Waals surface area contributed by atoms with Crippen LogP contribution in [-0.4, -0.2) is 33.5 Å². The lowest BCUT2D eigenvalue weighted by Crippen LogP contribution is -2.26. The molecule has 4 heteroatoms. The fraction of sp³-hybridized carbons (Fsp3) is 0.538. The second-order valence-electron chi connectivity index (χ2n) is 4.24. The van der Waals surface area contributed by atoms with Gasteiger partial charge >= 0.3 is 0 Å². The summed E-state index contributed by atoms with van der Waals surface area (Å²) < 4.78 is 10.7. The molecule has 0 saturated carbocycles. The second kappa shape index (κ2) is 5.89. The largest absolute Gasteiger partial charge is 0.454 e. The molecule has 4 nitrogen and oxygen atoms in total. The van der Waals surface area contributed by atoms with Crippen LogP contribution in [-0.2, 0) is 6.42 Å². The third-order valence-electron chi connectivity index (χ3n) is 2.95. The van der Waals surface area contributed by atoms with Crippen molar-refractivity contribution in [2.45, 2.75) is 13.3 Å². The minimum atomic E-state index is 0.346. The molecule has 2 N–H and O–H groups in total. The summed E-state index contributed by atoms with van der Waals surface area (Å²) in [7, 11) is 1.96. The van der Waals surface area contributed by atoms with E-state index < -0.39 is 0 Å². The van der Waals surface area contributed by atoms with Gasteiger partial charge in [0, 0.05) is 13.1 Å². The van der Waals surface area contributed by atoms with Gasteiger partial charge in [-0.1, -0.05) is 0 Å². The van der Waals surface area contributed by atoms with Gasteiger partial charge in [-0.15, -0.1) is 0 Å². The van der Waals surface area contributed by atoms with Crippen LogP contribution in [0.4, 0.5) is 0 Å². The highest BCUT2D eigenvalue weighted by Crippen LogP contribution is 2.34. The molecular formula is C13H20N2O2. The summed E-state index contributed by atoms with van der Waals surface area (Å²) in [4.78, 5) is 0. The Hall–Kier alpha value is -1.26.